The van der Waals surface area contributed by atoms with Gasteiger partial charge in [-0.05, 0) is 37.4 Å². The van der Waals surface area contributed by atoms with Crippen molar-refractivity contribution in [3.8, 4) is 0 Å². The molecule has 2 rings (SSSR count). The maximum Gasteiger partial charge on any atom is 0.128 e. The maximum absolute atomic E-state index is 13.4. The molecule has 0 unspecified atom stereocenters. The van der Waals surface area contributed by atoms with E-state index in [0.717, 1.165) is 22.5 Å². The van der Waals surface area contributed by atoms with E-state index in [2.05, 4.69) is 21.2 Å². The van der Waals surface area contributed by atoms with Gasteiger partial charge in [0.15, 0.2) is 0 Å². The molecule has 0 spiro atoms. The zero-order valence-corrected chi connectivity index (χ0v) is 10.9. The molecule has 1 nitrogen and oxygen atoms in total. The predicted octanol–water partition coefficient (Wildman–Crippen LogP) is 3.87. The highest BCUT2D eigenvalue weighted by Crippen LogP contribution is 2.33. The molecule has 0 bridgehead atoms. The third-order valence-corrected chi connectivity index (χ3v) is 3.49. The van der Waals surface area contributed by atoms with Crippen LogP contribution in [0.15, 0.2) is 22.7 Å². The molecule has 0 atom stereocenters. The SMILES string of the molecule is Fc1cc(Br)ccc1CNCCCC1CC1. The molecule has 1 aliphatic carbocycles. The highest BCUT2D eigenvalue weighted by atomic mass is 79.9. The summed E-state index contributed by atoms with van der Waals surface area (Å²) in [4.78, 5) is 0. The molecule has 0 radical (unpaired) electrons. The van der Waals surface area contributed by atoms with E-state index in [1.54, 1.807) is 0 Å². The lowest BCUT2D eigenvalue weighted by Crippen LogP contribution is -2.15. The van der Waals surface area contributed by atoms with Gasteiger partial charge in [0.05, 0.1) is 0 Å². The van der Waals surface area contributed by atoms with Gasteiger partial charge in [-0.2, -0.15) is 0 Å². The lowest BCUT2D eigenvalue weighted by atomic mass is 10.2. The Balaban J connectivity index is 1.67. The van der Waals surface area contributed by atoms with Gasteiger partial charge < -0.3 is 5.32 Å². The Bertz CT molecular complexity index is 350. The van der Waals surface area contributed by atoms with Crippen molar-refractivity contribution in [2.24, 2.45) is 5.92 Å². The van der Waals surface area contributed by atoms with Crippen LogP contribution in [0.2, 0.25) is 0 Å². The van der Waals surface area contributed by atoms with Gasteiger partial charge in [-0.25, -0.2) is 4.39 Å². The molecule has 88 valence electrons. The average molecular weight is 286 g/mol. The van der Waals surface area contributed by atoms with Crippen LogP contribution < -0.4 is 5.32 Å². The van der Waals surface area contributed by atoms with E-state index in [4.69, 9.17) is 0 Å². The van der Waals surface area contributed by atoms with E-state index in [1.165, 1.54) is 31.7 Å². The third kappa shape index (κ3) is 3.87. The molecule has 1 aromatic carbocycles. The average Bonchev–Trinajstić information content (AvgIpc) is 3.04. The van der Waals surface area contributed by atoms with Gasteiger partial charge in [0.2, 0.25) is 0 Å². The second-order valence-corrected chi connectivity index (χ2v) is 5.41. The van der Waals surface area contributed by atoms with Crippen molar-refractivity contribution in [2.75, 3.05) is 6.54 Å². The highest BCUT2D eigenvalue weighted by molar-refractivity contribution is 9.10. The van der Waals surface area contributed by atoms with Gasteiger partial charge in [0, 0.05) is 16.6 Å². The largest absolute Gasteiger partial charge is 0.313 e. The maximum atomic E-state index is 13.4. The van der Waals surface area contributed by atoms with E-state index in [1.807, 2.05) is 12.1 Å². The molecular weight excluding hydrogens is 269 g/mol. The van der Waals surface area contributed by atoms with Crippen LogP contribution in [0.1, 0.15) is 31.2 Å². The Labute approximate surface area is 105 Å². The summed E-state index contributed by atoms with van der Waals surface area (Å²) >= 11 is 3.25. The normalized spacial score (nSPS) is 15.4. The van der Waals surface area contributed by atoms with Gasteiger partial charge >= 0.3 is 0 Å². The smallest absolute Gasteiger partial charge is 0.128 e. The number of hydrogen-bond donors (Lipinski definition) is 1. The van der Waals surface area contributed by atoms with Gasteiger partial charge in [0.1, 0.15) is 5.82 Å². The summed E-state index contributed by atoms with van der Waals surface area (Å²) in [5.74, 6) is 0.857. The third-order valence-electron chi connectivity index (χ3n) is 2.99. The van der Waals surface area contributed by atoms with E-state index in [0.29, 0.717) is 6.54 Å². The fraction of sp³-hybridized carbons (Fsp3) is 0.538. The summed E-state index contributed by atoms with van der Waals surface area (Å²) in [6.45, 7) is 1.62. The minimum absolute atomic E-state index is 0.135. The number of hydrogen-bond acceptors (Lipinski definition) is 1. The van der Waals surface area contributed by atoms with Gasteiger partial charge in [-0.15, -0.1) is 0 Å². The summed E-state index contributed by atoms with van der Waals surface area (Å²) in [5.41, 5.74) is 0.745. The molecule has 1 saturated carbocycles. The quantitative estimate of drug-likeness (QED) is 0.783. The number of rotatable bonds is 6. The van der Waals surface area contributed by atoms with Crippen molar-refractivity contribution < 1.29 is 4.39 Å². The first-order chi connectivity index (χ1) is 7.75. The van der Waals surface area contributed by atoms with Crippen LogP contribution in [0.3, 0.4) is 0 Å². The van der Waals surface area contributed by atoms with Crippen LogP contribution in [-0.4, -0.2) is 6.54 Å². The standard InChI is InChI=1S/C13H17BrFN/c14-12-6-5-11(13(15)8-12)9-16-7-1-2-10-3-4-10/h5-6,8,10,16H,1-4,7,9H2. The minimum atomic E-state index is -0.135. The van der Waals surface area contributed by atoms with Crippen LogP contribution >= 0.6 is 15.9 Å². The summed E-state index contributed by atoms with van der Waals surface area (Å²) in [7, 11) is 0. The van der Waals surface area contributed by atoms with Crippen LogP contribution in [0.5, 0.6) is 0 Å². The van der Waals surface area contributed by atoms with E-state index >= 15 is 0 Å². The van der Waals surface area contributed by atoms with E-state index < -0.39 is 0 Å². The number of nitrogens with one attached hydrogen (secondary N) is 1. The Morgan fingerprint density at radius 3 is 2.88 bits per heavy atom. The molecule has 0 amide bonds. The number of halogens is 2. The topological polar surface area (TPSA) is 12.0 Å². The molecule has 0 saturated heterocycles. The lowest BCUT2D eigenvalue weighted by Gasteiger charge is -2.06. The van der Waals surface area contributed by atoms with Crippen LogP contribution in [0.4, 0.5) is 4.39 Å². The zero-order chi connectivity index (χ0) is 11.4. The molecule has 1 aromatic rings. The summed E-state index contributed by atoms with van der Waals surface area (Å²) in [6.07, 6.45) is 5.38. The Morgan fingerprint density at radius 1 is 1.38 bits per heavy atom. The molecule has 0 aliphatic heterocycles. The fourth-order valence-corrected chi connectivity index (χ4v) is 2.14. The van der Waals surface area contributed by atoms with Crippen molar-refractivity contribution in [1.29, 1.82) is 0 Å². The first-order valence-electron chi connectivity index (χ1n) is 5.90. The van der Waals surface area contributed by atoms with Crippen molar-refractivity contribution in [2.45, 2.75) is 32.2 Å². The van der Waals surface area contributed by atoms with Crippen LogP contribution in [-0.2, 0) is 6.54 Å². The molecule has 1 N–H and O–H groups in total. The first kappa shape index (κ1) is 12.1. The Kier molecular flexibility index (Phi) is 4.36. The lowest BCUT2D eigenvalue weighted by molar-refractivity contribution is 0.564. The van der Waals surface area contributed by atoms with Crippen LogP contribution in [0.25, 0.3) is 0 Å². The van der Waals surface area contributed by atoms with Gasteiger partial charge in [-0.1, -0.05) is 34.8 Å². The molecule has 3 heteroatoms. The molecule has 16 heavy (non-hydrogen) atoms. The minimum Gasteiger partial charge on any atom is -0.313 e. The van der Waals surface area contributed by atoms with Gasteiger partial charge in [0.25, 0.3) is 0 Å². The van der Waals surface area contributed by atoms with E-state index in [-0.39, 0.29) is 5.82 Å². The fourth-order valence-electron chi connectivity index (χ4n) is 1.81. The van der Waals surface area contributed by atoms with E-state index in [9.17, 15) is 4.39 Å². The predicted molar refractivity (Wildman–Crippen MR) is 67.8 cm³/mol. The monoisotopic (exact) mass is 285 g/mol. The summed E-state index contributed by atoms with van der Waals surface area (Å²) in [5, 5.41) is 3.29. The molecular formula is C13H17BrFN. The second-order valence-electron chi connectivity index (χ2n) is 4.50. The van der Waals surface area contributed by atoms with Crippen molar-refractivity contribution in [1.82, 2.24) is 5.32 Å². The molecule has 1 aliphatic rings. The van der Waals surface area contributed by atoms with Crippen molar-refractivity contribution >= 4 is 15.9 Å². The second kappa shape index (κ2) is 5.78. The molecule has 0 aromatic heterocycles. The van der Waals surface area contributed by atoms with Gasteiger partial charge in [-0.3, -0.25) is 0 Å². The van der Waals surface area contributed by atoms with Crippen molar-refractivity contribution in [3.05, 3.63) is 34.1 Å². The number of benzene rings is 1. The summed E-state index contributed by atoms with van der Waals surface area (Å²) in [6, 6.07) is 5.22. The van der Waals surface area contributed by atoms with Crippen molar-refractivity contribution in [3.63, 3.8) is 0 Å². The van der Waals surface area contributed by atoms with Crippen LogP contribution in [0, 0.1) is 11.7 Å². The zero-order valence-electron chi connectivity index (χ0n) is 9.31. The summed E-state index contributed by atoms with van der Waals surface area (Å²) < 4.78 is 14.2. The Hall–Kier alpha value is -0.410. The highest BCUT2D eigenvalue weighted by Gasteiger charge is 2.19. The molecule has 1 fully saturated rings. The molecule has 0 heterocycles. The first-order valence-corrected chi connectivity index (χ1v) is 6.69. The Morgan fingerprint density at radius 2 is 2.19 bits per heavy atom.